The van der Waals surface area contributed by atoms with Crippen LogP contribution >= 0.6 is 15.9 Å². The number of aromatic hydroxyl groups is 1. The van der Waals surface area contributed by atoms with Crippen LogP contribution in [-0.2, 0) is 6.42 Å². The molecule has 0 saturated carbocycles. The van der Waals surface area contributed by atoms with Crippen molar-refractivity contribution in [2.75, 3.05) is 0 Å². The van der Waals surface area contributed by atoms with E-state index >= 15 is 0 Å². The molecular weight excluding hydrogens is 276 g/mol. The molecule has 0 bridgehead atoms. The first kappa shape index (κ1) is 14.6. The Kier molecular flexibility index (Phi) is 7.34. The maximum atomic E-state index is 9.30. The summed E-state index contributed by atoms with van der Waals surface area (Å²) in [5.41, 5.74) is 1.30. The molecule has 17 heavy (non-hydrogen) atoms. The van der Waals surface area contributed by atoms with Gasteiger partial charge in [-0.1, -0.05) is 67.4 Å². The second-order valence-corrected chi connectivity index (χ2v) is 5.50. The minimum Gasteiger partial charge on any atom is -0.508 e. The molecule has 0 aliphatic rings. The van der Waals surface area contributed by atoms with Crippen LogP contribution in [0.1, 0.15) is 57.4 Å². The van der Waals surface area contributed by atoms with Gasteiger partial charge in [0.2, 0.25) is 0 Å². The van der Waals surface area contributed by atoms with Crippen molar-refractivity contribution in [3.05, 3.63) is 28.2 Å². The maximum absolute atomic E-state index is 9.30. The normalized spacial score (nSPS) is 10.7. The van der Waals surface area contributed by atoms with Gasteiger partial charge in [-0.25, -0.2) is 0 Å². The molecule has 0 fully saturated rings. The zero-order valence-electron chi connectivity index (χ0n) is 10.7. The molecule has 1 aromatic carbocycles. The molecule has 96 valence electrons. The lowest BCUT2D eigenvalue weighted by molar-refractivity contribution is 0.474. The van der Waals surface area contributed by atoms with Crippen molar-refractivity contribution in [3.63, 3.8) is 0 Å². The molecule has 0 unspecified atom stereocenters. The summed E-state index contributed by atoms with van der Waals surface area (Å²) in [5.74, 6) is 0.334. The standard InChI is InChI=1S/C15H23BrO/c1-2-3-4-5-6-7-8-9-13-10-11-14(17)12-15(13)16/h10-12,17H,2-9H2,1H3. The van der Waals surface area contributed by atoms with Crippen molar-refractivity contribution >= 4 is 15.9 Å². The Labute approximate surface area is 113 Å². The van der Waals surface area contributed by atoms with Crippen molar-refractivity contribution < 1.29 is 5.11 Å². The summed E-state index contributed by atoms with van der Waals surface area (Å²) in [6, 6.07) is 5.55. The lowest BCUT2D eigenvalue weighted by Crippen LogP contribution is -1.88. The summed E-state index contributed by atoms with van der Waals surface area (Å²) >= 11 is 3.49. The number of phenols is 1. The van der Waals surface area contributed by atoms with Crippen molar-refractivity contribution in [3.8, 4) is 5.75 Å². The average Bonchev–Trinajstić information content (AvgIpc) is 2.30. The zero-order valence-corrected chi connectivity index (χ0v) is 12.3. The summed E-state index contributed by atoms with van der Waals surface area (Å²) in [5, 5.41) is 9.30. The van der Waals surface area contributed by atoms with Gasteiger partial charge in [0.15, 0.2) is 0 Å². The summed E-state index contributed by atoms with van der Waals surface area (Å²) < 4.78 is 1.03. The minimum atomic E-state index is 0.334. The summed E-state index contributed by atoms with van der Waals surface area (Å²) in [6.45, 7) is 2.25. The van der Waals surface area contributed by atoms with Crippen LogP contribution in [0.25, 0.3) is 0 Å². The molecule has 0 aromatic heterocycles. The highest BCUT2D eigenvalue weighted by molar-refractivity contribution is 9.10. The van der Waals surface area contributed by atoms with E-state index in [4.69, 9.17) is 0 Å². The molecule has 0 radical (unpaired) electrons. The molecule has 1 aromatic rings. The molecule has 0 aliphatic carbocycles. The number of halogens is 1. The SMILES string of the molecule is CCCCCCCCCc1ccc(O)cc1Br. The first-order chi connectivity index (χ1) is 8.24. The largest absolute Gasteiger partial charge is 0.508 e. The number of aryl methyl sites for hydroxylation is 1. The van der Waals surface area contributed by atoms with E-state index in [1.807, 2.05) is 6.07 Å². The fraction of sp³-hybridized carbons (Fsp3) is 0.600. The third kappa shape index (κ3) is 6.11. The van der Waals surface area contributed by atoms with Gasteiger partial charge in [-0.2, -0.15) is 0 Å². The van der Waals surface area contributed by atoms with Crippen molar-refractivity contribution in [1.82, 2.24) is 0 Å². The van der Waals surface area contributed by atoms with E-state index in [0.717, 1.165) is 10.9 Å². The second kappa shape index (κ2) is 8.57. The van der Waals surface area contributed by atoms with Crippen LogP contribution in [0.5, 0.6) is 5.75 Å². The number of hydrogen-bond acceptors (Lipinski definition) is 1. The minimum absolute atomic E-state index is 0.334. The van der Waals surface area contributed by atoms with Crippen molar-refractivity contribution in [2.24, 2.45) is 0 Å². The highest BCUT2D eigenvalue weighted by Gasteiger charge is 2.00. The average molecular weight is 299 g/mol. The summed E-state index contributed by atoms with van der Waals surface area (Å²) in [4.78, 5) is 0. The van der Waals surface area contributed by atoms with Crippen molar-refractivity contribution in [1.29, 1.82) is 0 Å². The highest BCUT2D eigenvalue weighted by atomic mass is 79.9. The van der Waals surface area contributed by atoms with Gasteiger partial charge in [0.1, 0.15) is 5.75 Å². The molecule has 0 saturated heterocycles. The van der Waals surface area contributed by atoms with E-state index in [1.165, 1.54) is 50.5 Å². The summed E-state index contributed by atoms with van der Waals surface area (Å²) in [7, 11) is 0. The van der Waals surface area contributed by atoms with Crippen LogP contribution < -0.4 is 0 Å². The monoisotopic (exact) mass is 298 g/mol. The lowest BCUT2D eigenvalue weighted by Gasteiger charge is -2.05. The predicted octanol–water partition coefficient (Wildman–Crippen LogP) is 5.45. The van der Waals surface area contributed by atoms with Crippen LogP contribution in [0, 0.1) is 0 Å². The Morgan fingerprint density at radius 1 is 1.00 bits per heavy atom. The molecule has 0 atom stereocenters. The first-order valence-corrected chi connectivity index (χ1v) is 7.50. The third-order valence-electron chi connectivity index (χ3n) is 3.09. The van der Waals surface area contributed by atoms with Gasteiger partial charge in [-0.15, -0.1) is 0 Å². The maximum Gasteiger partial charge on any atom is 0.116 e. The van der Waals surface area contributed by atoms with Crippen LogP contribution in [0.4, 0.5) is 0 Å². The second-order valence-electron chi connectivity index (χ2n) is 4.65. The quantitative estimate of drug-likeness (QED) is 0.633. The topological polar surface area (TPSA) is 20.2 Å². The van der Waals surface area contributed by atoms with Crippen LogP contribution in [0.15, 0.2) is 22.7 Å². The van der Waals surface area contributed by atoms with E-state index in [0.29, 0.717) is 5.75 Å². The number of benzene rings is 1. The molecule has 2 heteroatoms. The molecule has 0 aliphatic heterocycles. The molecule has 0 spiro atoms. The molecule has 1 nitrogen and oxygen atoms in total. The number of unbranched alkanes of at least 4 members (excludes halogenated alkanes) is 6. The zero-order chi connectivity index (χ0) is 12.5. The summed E-state index contributed by atoms with van der Waals surface area (Å²) in [6.07, 6.45) is 10.5. The number of phenolic OH excluding ortho intramolecular Hbond substituents is 1. The lowest BCUT2D eigenvalue weighted by atomic mass is 10.0. The van der Waals surface area contributed by atoms with Gasteiger partial charge < -0.3 is 5.11 Å². The molecule has 1 rings (SSSR count). The Bertz CT molecular complexity index is 323. The van der Waals surface area contributed by atoms with Gasteiger partial charge in [-0.05, 0) is 30.5 Å². The number of hydrogen-bond donors (Lipinski definition) is 1. The first-order valence-electron chi connectivity index (χ1n) is 6.71. The number of rotatable bonds is 8. The molecule has 1 N–H and O–H groups in total. The van der Waals surface area contributed by atoms with Gasteiger partial charge >= 0.3 is 0 Å². The molecular formula is C15H23BrO. The van der Waals surface area contributed by atoms with E-state index < -0.39 is 0 Å². The van der Waals surface area contributed by atoms with E-state index in [2.05, 4.69) is 22.9 Å². The molecule has 0 amide bonds. The molecule has 0 heterocycles. The Morgan fingerprint density at radius 2 is 1.65 bits per heavy atom. The van der Waals surface area contributed by atoms with Gasteiger partial charge in [0.25, 0.3) is 0 Å². The van der Waals surface area contributed by atoms with Crippen LogP contribution in [0.2, 0.25) is 0 Å². The fourth-order valence-electron chi connectivity index (χ4n) is 2.01. The van der Waals surface area contributed by atoms with E-state index in [-0.39, 0.29) is 0 Å². The smallest absolute Gasteiger partial charge is 0.116 e. The van der Waals surface area contributed by atoms with E-state index in [1.54, 1.807) is 12.1 Å². The fourth-order valence-corrected chi connectivity index (χ4v) is 2.58. The van der Waals surface area contributed by atoms with Gasteiger partial charge in [0.05, 0.1) is 0 Å². The van der Waals surface area contributed by atoms with Gasteiger partial charge in [0, 0.05) is 4.47 Å². The Balaban J connectivity index is 2.14. The Morgan fingerprint density at radius 3 is 2.29 bits per heavy atom. The van der Waals surface area contributed by atoms with Gasteiger partial charge in [-0.3, -0.25) is 0 Å². The predicted molar refractivity (Wildman–Crippen MR) is 77.5 cm³/mol. The Hall–Kier alpha value is -0.500. The third-order valence-corrected chi connectivity index (χ3v) is 3.82. The van der Waals surface area contributed by atoms with Crippen LogP contribution in [-0.4, -0.2) is 5.11 Å². The van der Waals surface area contributed by atoms with E-state index in [9.17, 15) is 5.11 Å². The van der Waals surface area contributed by atoms with Crippen LogP contribution in [0.3, 0.4) is 0 Å². The highest BCUT2D eigenvalue weighted by Crippen LogP contribution is 2.23. The van der Waals surface area contributed by atoms with Crippen molar-refractivity contribution in [2.45, 2.75) is 58.3 Å².